The molecule has 1 amide bonds. The largest absolute Gasteiger partial charge is 0.367 e. The zero-order chi connectivity index (χ0) is 29.6. The molecule has 3 aromatic heterocycles. The van der Waals surface area contributed by atoms with E-state index in [2.05, 4.69) is 75.5 Å². The minimum Gasteiger partial charge on any atom is -0.367 e. The molecule has 0 aliphatic carbocycles. The number of nitrogens with one attached hydrogen (secondary N) is 2. The Morgan fingerprint density at radius 1 is 1.07 bits per heavy atom. The first-order valence-corrected chi connectivity index (χ1v) is 16.2. The minimum atomic E-state index is -4.25. The van der Waals surface area contributed by atoms with Gasteiger partial charge >= 0.3 is 0 Å². The van der Waals surface area contributed by atoms with Crippen molar-refractivity contribution in [3.63, 3.8) is 0 Å². The smallest absolute Gasteiger partial charge is 0.281 e. The lowest BCUT2D eigenvalue weighted by Crippen LogP contribution is -2.41. The van der Waals surface area contributed by atoms with Crippen molar-refractivity contribution >= 4 is 43.5 Å². The molecule has 0 spiro atoms. The highest BCUT2D eigenvalue weighted by atomic mass is 79.9. The Hall–Kier alpha value is -3.05. The summed E-state index contributed by atoms with van der Waals surface area (Å²) in [5, 5.41) is 3.23. The molecule has 3 aromatic rings. The molecule has 4 bridgehead atoms. The van der Waals surface area contributed by atoms with Gasteiger partial charge in [0.05, 0.1) is 5.56 Å². The molecule has 11 heteroatoms. The zero-order valence-electron chi connectivity index (χ0n) is 24.1. The number of rotatable bonds is 2. The van der Waals surface area contributed by atoms with E-state index in [9.17, 15) is 13.2 Å². The molecule has 5 heterocycles. The van der Waals surface area contributed by atoms with Crippen LogP contribution in [-0.2, 0) is 21.9 Å². The Bertz CT molecular complexity index is 1550. The van der Waals surface area contributed by atoms with Gasteiger partial charge in [-0.25, -0.2) is 14.7 Å². The summed E-state index contributed by atoms with van der Waals surface area (Å²) >= 11 is 3.45. The van der Waals surface area contributed by atoms with Crippen LogP contribution in [0.3, 0.4) is 0 Å². The number of hydrogen-bond donors (Lipinski definition) is 2. The van der Waals surface area contributed by atoms with Crippen molar-refractivity contribution in [1.29, 1.82) is 0 Å². The number of nitrogens with zero attached hydrogens (tertiary/aromatic N) is 4. The normalized spacial score (nSPS) is 22.1. The monoisotopic (exact) mass is 640 g/mol. The molecule has 0 saturated carbocycles. The molecule has 0 radical (unpaired) electrons. The summed E-state index contributed by atoms with van der Waals surface area (Å²) in [5.74, 6) is 0.586. The fourth-order valence-electron chi connectivity index (χ4n) is 5.73. The number of anilines is 2. The summed E-state index contributed by atoms with van der Waals surface area (Å²) in [4.78, 5) is 29.7. The van der Waals surface area contributed by atoms with Crippen LogP contribution < -0.4 is 14.9 Å². The van der Waals surface area contributed by atoms with Gasteiger partial charge in [-0.15, -0.1) is 0 Å². The predicted octanol–water partition coefficient (Wildman–Crippen LogP) is 5.47. The van der Waals surface area contributed by atoms with Crippen LogP contribution in [0.15, 0.2) is 58.2 Å². The van der Waals surface area contributed by atoms with Gasteiger partial charge in [-0.3, -0.25) is 9.78 Å². The van der Waals surface area contributed by atoms with Crippen LogP contribution in [0.1, 0.15) is 75.6 Å². The van der Waals surface area contributed by atoms with Crippen molar-refractivity contribution < 1.29 is 13.2 Å². The SMILES string of the molecule is CC(C)(C)c1ccc2c(n1)N1C[C@@H](CCC(Cc3ccc(Br)cn3)Nc3cccc(n3)S(=O)(=O)NC2=O)CC1(C)C. The van der Waals surface area contributed by atoms with E-state index < -0.39 is 15.9 Å². The lowest BCUT2D eigenvalue weighted by molar-refractivity contribution is 0.0981. The van der Waals surface area contributed by atoms with Crippen molar-refractivity contribution in [3.05, 3.63) is 70.1 Å². The fourth-order valence-corrected chi connectivity index (χ4v) is 6.90. The Morgan fingerprint density at radius 3 is 2.56 bits per heavy atom. The maximum atomic E-state index is 13.6. The number of fused-ring (bicyclic) bond motifs is 6. The number of hydrogen-bond acceptors (Lipinski definition) is 8. The van der Waals surface area contributed by atoms with E-state index in [1.165, 1.54) is 6.07 Å². The topological polar surface area (TPSA) is 117 Å². The number of amides is 1. The van der Waals surface area contributed by atoms with E-state index in [1.807, 2.05) is 18.2 Å². The lowest BCUT2D eigenvalue weighted by atomic mass is 9.90. The third-order valence-electron chi connectivity index (χ3n) is 7.85. The summed E-state index contributed by atoms with van der Waals surface area (Å²) in [5.41, 5.74) is 1.48. The summed E-state index contributed by atoms with van der Waals surface area (Å²) in [6.45, 7) is 11.3. The predicted molar refractivity (Wildman–Crippen MR) is 164 cm³/mol. The highest BCUT2D eigenvalue weighted by Crippen LogP contribution is 2.40. The van der Waals surface area contributed by atoms with Gasteiger partial charge in [-0.1, -0.05) is 26.8 Å². The van der Waals surface area contributed by atoms with E-state index in [4.69, 9.17) is 4.98 Å². The van der Waals surface area contributed by atoms with E-state index in [0.717, 1.165) is 41.7 Å². The van der Waals surface area contributed by atoms with Crippen LogP contribution in [0.25, 0.3) is 0 Å². The first-order valence-electron chi connectivity index (χ1n) is 13.9. The second-order valence-corrected chi connectivity index (χ2v) is 15.2. The molecule has 2 aliphatic rings. The third kappa shape index (κ3) is 6.56. The number of halogens is 1. The maximum absolute atomic E-state index is 13.6. The van der Waals surface area contributed by atoms with Gasteiger partial charge in [-0.2, -0.15) is 8.42 Å². The minimum absolute atomic E-state index is 0.0242. The molecule has 2 aliphatic heterocycles. The van der Waals surface area contributed by atoms with E-state index >= 15 is 0 Å². The highest BCUT2D eigenvalue weighted by Gasteiger charge is 2.41. The number of aromatic nitrogens is 3. The van der Waals surface area contributed by atoms with Gasteiger partial charge in [-0.05, 0) is 91.4 Å². The van der Waals surface area contributed by atoms with Gasteiger partial charge < -0.3 is 10.2 Å². The highest BCUT2D eigenvalue weighted by molar-refractivity contribution is 9.10. The molecule has 2 N–H and O–H groups in total. The van der Waals surface area contributed by atoms with Crippen molar-refractivity contribution in [2.45, 2.75) is 82.3 Å². The number of sulfonamides is 1. The summed E-state index contributed by atoms with van der Waals surface area (Å²) in [7, 11) is -4.25. The molecule has 1 unspecified atom stereocenters. The molecule has 218 valence electrons. The van der Waals surface area contributed by atoms with Gasteiger partial charge in [0.1, 0.15) is 11.6 Å². The molecule has 2 atom stereocenters. The number of pyridine rings is 3. The second kappa shape index (κ2) is 11.0. The molecular formula is C30H37BrN6O3S. The molecule has 41 heavy (non-hydrogen) atoms. The Labute approximate surface area is 250 Å². The Kier molecular flexibility index (Phi) is 7.88. The van der Waals surface area contributed by atoms with Crippen LogP contribution in [0.5, 0.6) is 0 Å². The molecule has 1 saturated heterocycles. The van der Waals surface area contributed by atoms with Gasteiger partial charge in [0.2, 0.25) is 0 Å². The Morgan fingerprint density at radius 2 is 1.85 bits per heavy atom. The van der Waals surface area contributed by atoms with Crippen molar-refractivity contribution in [2.75, 3.05) is 16.8 Å². The van der Waals surface area contributed by atoms with Crippen molar-refractivity contribution in [1.82, 2.24) is 19.7 Å². The van der Waals surface area contributed by atoms with Crippen LogP contribution in [-0.4, -0.2) is 47.4 Å². The van der Waals surface area contributed by atoms with Crippen LogP contribution in [0.4, 0.5) is 11.6 Å². The van der Waals surface area contributed by atoms with Crippen molar-refractivity contribution in [3.8, 4) is 0 Å². The quantitative estimate of drug-likeness (QED) is 0.379. The van der Waals surface area contributed by atoms with Crippen LogP contribution >= 0.6 is 15.9 Å². The molecule has 5 rings (SSSR count). The summed E-state index contributed by atoms with van der Waals surface area (Å²) in [6.07, 6.45) is 5.13. The van der Waals surface area contributed by atoms with Gasteiger partial charge in [0.15, 0.2) is 5.03 Å². The molecule has 9 nitrogen and oxygen atoms in total. The average Bonchev–Trinajstić information content (AvgIpc) is 3.21. The average molecular weight is 642 g/mol. The first-order chi connectivity index (χ1) is 19.2. The number of carbonyl (C=O) groups is 1. The van der Waals surface area contributed by atoms with Gasteiger partial charge in [0.25, 0.3) is 15.9 Å². The lowest BCUT2D eigenvalue weighted by Gasteiger charge is -2.34. The second-order valence-electron chi connectivity index (χ2n) is 12.7. The van der Waals surface area contributed by atoms with E-state index in [0.29, 0.717) is 24.0 Å². The summed E-state index contributed by atoms with van der Waals surface area (Å²) in [6, 6.07) is 12.2. The first kappa shape index (κ1) is 29.4. The number of carbonyl (C=O) groups excluding carboxylic acids is 1. The maximum Gasteiger partial charge on any atom is 0.281 e. The van der Waals surface area contributed by atoms with E-state index in [1.54, 1.807) is 24.4 Å². The zero-order valence-corrected chi connectivity index (χ0v) is 26.5. The molecule has 0 aromatic carbocycles. The molecule has 1 fully saturated rings. The van der Waals surface area contributed by atoms with Gasteiger partial charge in [0, 0.05) is 52.0 Å². The van der Waals surface area contributed by atoms with Crippen LogP contribution in [0, 0.1) is 5.92 Å². The Balaban J connectivity index is 1.58. The molecular weight excluding hydrogens is 604 g/mol. The third-order valence-corrected chi connectivity index (χ3v) is 9.55. The van der Waals surface area contributed by atoms with Crippen LogP contribution in [0.2, 0.25) is 0 Å². The van der Waals surface area contributed by atoms with Crippen molar-refractivity contribution in [2.24, 2.45) is 5.92 Å². The summed E-state index contributed by atoms with van der Waals surface area (Å²) < 4.78 is 29.9. The fraction of sp³-hybridized carbons (Fsp3) is 0.467. The standard InChI is InChI=1S/C30H37BrN6O3S/c1-29(2,3)24-14-13-23-27(34-24)37-18-19(16-30(37,4)5)9-11-22(15-21-12-10-20(31)17-32-21)33-25-7-6-8-26(35-25)41(39,40)36-28(23)38/h6-8,10,12-14,17,19,22H,9,11,15-16,18H2,1-5H3,(H,33,35)(H,36,38)/t19-,22?/m0/s1. The van der Waals surface area contributed by atoms with E-state index in [-0.39, 0.29) is 27.6 Å².